The lowest BCUT2D eigenvalue weighted by Crippen LogP contribution is -1.97. The molecule has 0 aliphatic heterocycles. The summed E-state index contributed by atoms with van der Waals surface area (Å²) in [5.74, 6) is 0. The predicted octanol–water partition coefficient (Wildman–Crippen LogP) is 2.73. The number of halogens is 1. The number of hydrogen-bond acceptors (Lipinski definition) is 2. The molecule has 0 unspecified atom stereocenters. The van der Waals surface area contributed by atoms with Gasteiger partial charge in [0.15, 0.2) is 0 Å². The topological polar surface area (TPSA) is 26.3 Å². The maximum absolute atomic E-state index is 10.3. The average Bonchev–Trinajstić information content (AvgIpc) is 2.18. The standard InChI is InChI=1S/C11H13BrO2/c1-14-8-9-4-2-6-11(12)10(9)5-3-7-13/h2,4,6-7H,3,5,8H2,1H3. The number of carbonyl (C=O) groups excluding carboxylic acids is 1. The molecule has 1 aromatic carbocycles. The van der Waals surface area contributed by atoms with Gasteiger partial charge in [0.05, 0.1) is 6.61 Å². The van der Waals surface area contributed by atoms with E-state index >= 15 is 0 Å². The Bertz CT molecular complexity index is 310. The molecule has 2 nitrogen and oxygen atoms in total. The Morgan fingerprint density at radius 2 is 2.29 bits per heavy atom. The van der Waals surface area contributed by atoms with Crippen LogP contribution >= 0.6 is 15.9 Å². The molecule has 0 aliphatic carbocycles. The minimum absolute atomic E-state index is 0.555. The third-order valence-electron chi connectivity index (χ3n) is 2.03. The quantitative estimate of drug-likeness (QED) is 0.758. The highest BCUT2D eigenvalue weighted by molar-refractivity contribution is 9.10. The summed E-state index contributed by atoms with van der Waals surface area (Å²) < 4.78 is 6.14. The van der Waals surface area contributed by atoms with E-state index in [0.29, 0.717) is 13.0 Å². The van der Waals surface area contributed by atoms with Crippen molar-refractivity contribution in [3.05, 3.63) is 33.8 Å². The van der Waals surface area contributed by atoms with E-state index in [4.69, 9.17) is 4.74 Å². The summed E-state index contributed by atoms with van der Waals surface area (Å²) in [7, 11) is 1.67. The molecule has 14 heavy (non-hydrogen) atoms. The molecule has 0 radical (unpaired) electrons. The Hall–Kier alpha value is -0.670. The zero-order valence-electron chi connectivity index (χ0n) is 8.13. The second-order valence-electron chi connectivity index (χ2n) is 3.02. The molecule has 0 aliphatic rings. The third-order valence-corrected chi connectivity index (χ3v) is 2.77. The van der Waals surface area contributed by atoms with E-state index in [1.165, 1.54) is 5.56 Å². The van der Waals surface area contributed by atoms with Crippen molar-refractivity contribution < 1.29 is 9.53 Å². The molecule has 76 valence electrons. The van der Waals surface area contributed by atoms with Crippen molar-refractivity contribution in [3.8, 4) is 0 Å². The van der Waals surface area contributed by atoms with E-state index in [1.54, 1.807) is 7.11 Å². The highest BCUT2D eigenvalue weighted by Crippen LogP contribution is 2.22. The first-order valence-electron chi connectivity index (χ1n) is 4.48. The van der Waals surface area contributed by atoms with Crippen LogP contribution in [0.5, 0.6) is 0 Å². The fraction of sp³-hybridized carbons (Fsp3) is 0.364. The minimum atomic E-state index is 0.555. The molecular weight excluding hydrogens is 244 g/mol. The van der Waals surface area contributed by atoms with Crippen LogP contribution in [0.15, 0.2) is 22.7 Å². The van der Waals surface area contributed by atoms with Crippen LogP contribution in [0.2, 0.25) is 0 Å². The summed E-state index contributed by atoms with van der Waals surface area (Å²) in [5, 5.41) is 0. The van der Waals surface area contributed by atoms with E-state index in [9.17, 15) is 4.79 Å². The van der Waals surface area contributed by atoms with Gasteiger partial charge in [-0.15, -0.1) is 0 Å². The van der Waals surface area contributed by atoms with Crippen molar-refractivity contribution in [3.63, 3.8) is 0 Å². The SMILES string of the molecule is COCc1cccc(Br)c1CCC=O. The molecule has 0 heterocycles. The van der Waals surface area contributed by atoms with Crippen molar-refractivity contribution in [2.45, 2.75) is 19.4 Å². The number of aldehydes is 1. The van der Waals surface area contributed by atoms with Crippen LogP contribution in [0.4, 0.5) is 0 Å². The van der Waals surface area contributed by atoms with E-state index in [2.05, 4.69) is 15.9 Å². The maximum Gasteiger partial charge on any atom is 0.120 e. The van der Waals surface area contributed by atoms with Crippen LogP contribution in [0.1, 0.15) is 17.5 Å². The Kier molecular flexibility index (Phi) is 4.84. The number of carbonyl (C=O) groups is 1. The molecular formula is C11H13BrO2. The molecule has 1 aromatic rings. The summed E-state index contributed by atoms with van der Waals surface area (Å²) in [6, 6.07) is 5.98. The lowest BCUT2D eigenvalue weighted by atomic mass is 10.0. The van der Waals surface area contributed by atoms with Gasteiger partial charge in [-0.05, 0) is 23.6 Å². The van der Waals surface area contributed by atoms with Crippen LogP contribution < -0.4 is 0 Å². The Balaban J connectivity index is 2.89. The van der Waals surface area contributed by atoms with Crippen LogP contribution in [0.25, 0.3) is 0 Å². The van der Waals surface area contributed by atoms with E-state index in [0.717, 1.165) is 22.7 Å². The van der Waals surface area contributed by atoms with E-state index in [1.807, 2.05) is 18.2 Å². The zero-order chi connectivity index (χ0) is 10.4. The average molecular weight is 257 g/mol. The van der Waals surface area contributed by atoms with Crippen molar-refractivity contribution >= 4 is 22.2 Å². The maximum atomic E-state index is 10.3. The van der Waals surface area contributed by atoms with Crippen LogP contribution in [-0.4, -0.2) is 13.4 Å². The van der Waals surface area contributed by atoms with Gasteiger partial charge in [0.2, 0.25) is 0 Å². The van der Waals surface area contributed by atoms with Crippen molar-refractivity contribution in [2.75, 3.05) is 7.11 Å². The molecule has 0 aromatic heterocycles. The van der Waals surface area contributed by atoms with Gasteiger partial charge < -0.3 is 9.53 Å². The Labute approximate surface area is 92.4 Å². The van der Waals surface area contributed by atoms with Crippen LogP contribution in [0, 0.1) is 0 Å². The van der Waals surface area contributed by atoms with E-state index < -0.39 is 0 Å². The zero-order valence-corrected chi connectivity index (χ0v) is 9.71. The van der Waals surface area contributed by atoms with Gasteiger partial charge in [-0.2, -0.15) is 0 Å². The molecule has 0 atom stereocenters. The largest absolute Gasteiger partial charge is 0.380 e. The van der Waals surface area contributed by atoms with Crippen molar-refractivity contribution in [2.24, 2.45) is 0 Å². The van der Waals surface area contributed by atoms with Gasteiger partial charge in [0, 0.05) is 18.0 Å². The number of methoxy groups -OCH3 is 1. The van der Waals surface area contributed by atoms with E-state index in [-0.39, 0.29) is 0 Å². The third kappa shape index (κ3) is 2.93. The molecule has 0 saturated carbocycles. The van der Waals surface area contributed by atoms with Gasteiger partial charge in [-0.3, -0.25) is 0 Å². The molecule has 0 saturated heterocycles. The lowest BCUT2D eigenvalue weighted by Gasteiger charge is -2.09. The molecule has 1 rings (SSSR count). The van der Waals surface area contributed by atoms with Gasteiger partial charge in [-0.1, -0.05) is 28.1 Å². The number of rotatable bonds is 5. The summed E-state index contributed by atoms with van der Waals surface area (Å²) in [4.78, 5) is 10.3. The minimum Gasteiger partial charge on any atom is -0.380 e. The van der Waals surface area contributed by atoms with Gasteiger partial charge in [0.25, 0.3) is 0 Å². The fourth-order valence-corrected chi connectivity index (χ4v) is 1.98. The molecule has 0 spiro atoms. The summed E-state index contributed by atoms with van der Waals surface area (Å²) in [5.41, 5.74) is 2.31. The normalized spacial score (nSPS) is 10.1. The summed E-state index contributed by atoms with van der Waals surface area (Å²) in [6.07, 6.45) is 2.26. The summed E-state index contributed by atoms with van der Waals surface area (Å²) >= 11 is 3.48. The second-order valence-corrected chi connectivity index (χ2v) is 3.87. The lowest BCUT2D eigenvalue weighted by molar-refractivity contribution is -0.107. The summed E-state index contributed by atoms with van der Waals surface area (Å²) in [6.45, 7) is 0.591. The van der Waals surface area contributed by atoms with Crippen LogP contribution in [-0.2, 0) is 22.6 Å². The predicted molar refractivity (Wildman–Crippen MR) is 59.2 cm³/mol. The van der Waals surface area contributed by atoms with Crippen molar-refractivity contribution in [1.82, 2.24) is 0 Å². The highest BCUT2D eigenvalue weighted by Gasteiger charge is 2.05. The molecule has 0 N–H and O–H groups in total. The van der Waals surface area contributed by atoms with Gasteiger partial charge in [-0.25, -0.2) is 0 Å². The molecule has 0 bridgehead atoms. The van der Waals surface area contributed by atoms with Crippen LogP contribution in [0.3, 0.4) is 0 Å². The number of benzene rings is 1. The number of ether oxygens (including phenoxy) is 1. The monoisotopic (exact) mass is 256 g/mol. The highest BCUT2D eigenvalue weighted by atomic mass is 79.9. The smallest absolute Gasteiger partial charge is 0.120 e. The first-order valence-corrected chi connectivity index (χ1v) is 5.27. The first kappa shape index (κ1) is 11.4. The Morgan fingerprint density at radius 1 is 1.50 bits per heavy atom. The second kappa shape index (κ2) is 5.94. The number of hydrogen-bond donors (Lipinski definition) is 0. The first-order chi connectivity index (χ1) is 6.79. The molecule has 0 fully saturated rings. The van der Waals surface area contributed by atoms with Gasteiger partial charge >= 0.3 is 0 Å². The molecule has 3 heteroatoms. The molecule has 0 amide bonds. The fourth-order valence-electron chi connectivity index (χ4n) is 1.38. The Morgan fingerprint density at radius 3 is 2.93 bits per heavy atom. The van der Waals surface area contributed by atoms with Crippen molar-refractivity contribution in [1.29, 1.82) is 0 Å². The van der Waals surface area contributed by atoms with Gasteiger partial charge in [0.1, 0.15) is 6.29 Å².